The molecular weight excluding hydrogens is 665 g/mol. The van der Waals surface area contributed by atoms with Gasteiger partial charge in [0.15, 0.2) is 0 Å². The van der Waals surface area contributed by atoms with Crippen LogP contribution in [-0.4, -0.2) is 0 Å². The first-order chi connectivity index (χ1) is 26.6. The van der Waals surface area contributed by atoms with E-state index in [2.05, 4.69) is 177 Å². The first-order valence-corrected chi connectivity index (χ1v) is 19.5. The Balaban J connectivity index is 1.21. The summed E-state index contributed by atoms with van der Waals surface area (Å²) in [6.07, 6.45) is 0. The SMILES string of the molecule is Cc1c(C)c(C)c2c(-c3ccc4cc(-c5ccc6oc7cc8ccccc8cc7c6c5)ccc4c3)c3c(C)c(C)c(C)c(C)c3c(-c3ccccc3)c2c1C. The molecule has 0 aliphatic rings. The highest BCUT2D eigenvalue weighted by atomic mass is 16.3. The molecule has 0 radical (unpaired) electrons. The quantitative estimate of drug-likeness (QED) is 0.167. The van der Waals surface area contributed by atoms with Gasteiger partial charge in [0, 0.05) is 10.8 Å². The molecule has 0 saturated carbocycles. The Morgan fingerprint density at radius 3 is 1.29 bits per heavy atom. The zero-order valence-corrected chi connectivity index (χ0v) is 33.0. The third-order valence-electron chi connectivity index (χ3n) is 13.2. The fraction of sp³-hybridized carbons (Fsp3) is 0.148. The van der Waals surface area contributed by atoms with Crippen LogP contribution in [0.1, 0.15) is 44.5 Å². The van der Waals surface area contributed by atoms with Gasteiger partial charge in [-0.3, -0.25) is 0 Å². The predicted molar refractivity (Wildman–Crippen MR) is 238 cm³/mol. The first-order valence-electron chi connectivity index (χ1n) is 19.5. The predicted octanol–water partition coefficient (Wildman–Crippen LogP) is 15.7. The van der Waals surface area contributed by atoms with Crippen LogP contribution in [0.3, 0.4) is 0 Å². The van der Waals surface area contributed by atoms with Gasteiger partial charge in [-0.05, 0) is 213 Å². The summed E-state index contributed by atoms with van der Waals surface area (Å²) in [6.45, 7) is 18.6. The number of hydrogen-bond acceptors (Lipinski definition) is 1. The average Bonchev–Trinajstić information content (AvgIpc) is 3.57. The van der Waals surface area contributed by atoms with Gasteiger partial charge in [0.1, 0.15) is 11.2 Å². The molecule has 10 rings (SSSR count). The third kappa shape index (κ3) is 4.85. The average molecular weight is 709 g/mol. The molecule has 0 bridgehead atoms. The van der Waals surface area contributed by atoms with Gasteiger partial charge >= 0.3 is 0 Å². The number of hydrogen-bond donors (Lipinski definition) is 0. The van der Waals surface area contributed by atoms with Crippen molar-refractivity contribution in [1.29, 1.82) is 0 Å². The second-order valence-corrected chi connectivity index (χ2v) is 15.9. The maximum atomic E-state index is 6.33. The van der Waals surface area contributed by atoms with Crippen molar-refractivity contribution in [2.24, 2.45) is 0 Å². The van der Waals surface area contributed by atoms with Gasteiger partial charge in [-0.25, -0.2) is 0 Å². The lowest BCUT2D eigenvalue weighted by Gasteiger charge is -2.27. The van der Waals surface area contributed by atoms with E-state index in [0.717, 1.165) is 21.9 Å². The Morgan fingerprint density at radius 2 is 0.709 bits per heavy atom. The van der Waals surface area contributed by atoms with Crippen molar-refractivity contribution in [3.05, 3.63) is 166 Å². The molecule has 1 heterocycles. The molecule has 0 amide bonds. The van der Waals surface area contributed by atoms with Crippen molar-refractivity contribution in [2.75, 3.05) is 0 Å². The molecule has 0 atom stereocenters. The molecule has 0 fully saturated rings. The van der Waals surface area contributed by atoms with E-state index >= 15 is 0 Å². The number of fused-ring (bicyclic) bond motifs is 7. The summed E-state index contributed by atoms with van der Waals surface area (Å²) in [6, 6.07) is 44.7. The fourth-order valence-corrected chi connectivity index (χ4v) is 9.53. The summed E-state index contributed by atoms with van der Waals surface area (Å²) in [4.78, 5) is 0. The maximum Gasteiger partial charge on any atom is 0.136 e. The van der Waals surface area contributed by atoms with Gasteiger partial charge in [0.25, 0.3) is 0 Å². The molecule has 10 aromatic rings. The highest BCUT2D eigenvalue weighted by Crippen LogP contribution is 2.51. The van der Waals surface area contributed by atoms with Gasteiger partial charge in [0.2, 0.25) is 0 Å². The van der Waals surface area contributed by atoms with Crippen LogP contribution in [0, 0.1) is 55.4 Å². The van der Waals surface area contributed by atoms with E-state index < -0.39 is 0 Å². The Kier molecular flexibility index (Phi) is 7.39. The van der Waals surface area contributed by atoms with Crippen LogP contribution in [0.4, 0.5) is 0 Å². The Morgan fingerprint density at radius 1 is 0.291 bits per heavy atom. The smallest absolute Gasteiger partial charge is 0.136 e. The normalized spacial score (nSPS) is 12.0. The zero-order valence-electron chi connectivity index (χ0n) is 33.0. The van der Waals surface area contributed by atoms with Crippen molar-refractivity contribution in [1.82, 2.24) is 0 Å². The monoisotopic (exact) mass is 708 g/mol. The minimum atomic E-state index is 0.921. The highest BCUT2D eigenvalue weighted by Gasteiger charge is 2.25. The lowest BCUT2D eigenvalue weighted by atomic mass is 9.76. The van der Waals surface area contributed by atoms with Gasteiger partial charge in [-0.15, -0.1) is 0 Å². The molecule has 0 unspecified atom stereocenters. The van der Waals surface area contributed by atoms with Crippen molar-refractivity contribution in [2.45, 2.75) is 55.4 Å². The summed E-state index contributed by atoms with van der Waals surface area (Å²) in [5.41, 5.74) is 20.5. The van der Waals surface area contributed by atoms with E-state index in [1.807, 2.05) is 0 Å². The molecule has 266 valence electrons. The van der Waals surface area contributed by atoms with Crippen LogP contribution in [0.2, 0.25) is 0 Å². The van der Waals surface area contributed by atoms with Crippen LogP contribution in [0.5, 0.6) is 0 Å². The van der Waals surface area contributed by atoms with Crippen molar-refractivity contribution in [3.63, 3.8) is 0 Å². The van der Waals surface area contributed by atoms with E-state index in [1.54, 1.807) is 0 Å². The van der Waals surface area contributed by atoms with Crippen LogP contribution in [-0.2, 0) is 0 Å². The summed E-state index contributed by atoms with van der Waals surface area (Å²) < 4.78 is 6.33. The number of benzene rings is 9. The molecule has 9 aromatic carbocycles. The third-order valence-corrected chi connectivity index (χ3v) is 13.2. The zero-order chi connectivity index (χ0) is 37.9. The van der Waals surface area contributed by atoms with E-state index in [1.165, 1.54) is 121 Å². The maximum absolute atomic E-state index is 6.33. The molecule has 0 saturated heterocycles. The summed E-state index contributed by atoms with van der Waals surface area (Å²) >= 11 is 0. The Bertz CT molecular complexity index is 3180. The molecule has 0 spiro atoms. The number of furan rings is 1. The second-order valence-electron chi connectivity index (χ2n) is 15.9. The van der Waals surface area contributed by atoms with Crippen LogP contribution in [0.25, 0.3) is 98.4 Å². The van der Waals surface area contributed by atoms with Crippen LogP contribution in [0.15, 0.2) is 126 Å². The molecule has 1 aromatic heterocycles. The lowest BCUT2D eigenvalue weighted by Crippen LogP contribution is -2.03. The van der Waals surface area contributed by atoms with Gasteiger partial charge in [-0.2, -0.15) is 0 Å². The number of rotatable bonds is 3. The highest BCUT2D eigenvalue weighted by molar-refractivity contribution is 6.25. The molecular formula is C54H44O. The number of aryl methyl sites for hydroxylation is 4. The lowest BCUT2D eigenvalue weighted by molar-refractivity contribution is 0.669. The van der Waals surface area contributed by atoms with Crippen molar-refractivity contribution >= 4 is 65.0 Å². The standard InChI is InChI=1S/C54H44O/c1-29-31(3)35(7)51-49(33(29)5)53(37-14-10-9-11-15-37)50-34(6)30(2)32(4)36(8)52(50)54(51)44-21-20-40-24-41(18-19-42(40)25-44)43-22-23-47-45(27-43)46-26-38-16-12-13-17-39(38)28-48(46)55-47/h9-28H,1-8H3. The van der Waals surface area contributed by atoms with E-state index in [4.69, 9.17) is 4.42 Å². The molecule has 0 aliphatic heterocycles. The van der Waals surface area contributed by atoms with E-state index in [-0.39, 0.29) is 0 Å². The summed E-state index contributed by atoms with van der Waals surface area (Å²) in [5, 5.41) is 12.7. The van der Waals surface area contributed by atoms with Gasteiger partial charge < -0.3 is 4.42 Å². The molecule has 55 heavy (non-hydrogen) atoms. The van der Waals surface area contributed by atoms with Gasteiger partial charge in [0.05, 0.1) is 0 Å². The summed E-state index contributed by atoms with van der Waals surface area (Å²) in [7, 11) is 0. The molecule has 1 heteroatoms. The van der Waals surface area contributed by atoms with E-state index in [9.17, 15) is 0 Å². The largest absolute Gasteiger partial charge is 0.456 e. The van der Waals surface area contributed by atoms with Crippen molar-refractivity contribution in [3.8, 4) is 33.4 Å². The molecule has 0 N–H and O–H groups in total. The minimum Gasteiger partial charge on any atom is -0.456 e. The van der Waals surface area contributed by atoms with E-state index in [0.29, 0.717) is 0 Å². The summed E-state index contributed by atoms with van der Waals surface area (Å²) in [5.74, 6) is 0. The van der Waals surface area contributed by atoms with Crippen molar-refractivity contribution < 1.29 is 4.42 Å². The first kappa shape index (κ1) is 33.4. The minimum absolute atomic E-state index is 0.921. The molecule has 1 nitrogen and oxygen atoms in total. The topological polar surface area (TPSA) is 13.1 Å². The molecule has 0 aliphatic carbocycles. The Hall–Kier alpha value is -6.18. The van der Waals surface area contributed by atoms with Gasteiger partial charge in [-0.1, -0.05) is 84.9 Å². The van der Waals surface area contributed by atoms with Crippen LogP contribution >= 0.6 is 0 Å². The fourth-order valence-electron chi connectivity index (χ4n) is 9.53. The Labute approximate surface area is 322 Å². The van der Waals surface area contributed by atoms with Crippen LogP contribution < -0.4 is 0 Å². The second kappa shape index (κ2) is 12.2.